The van der Waals surface area contributed by atoms with Crippen LogP contribution in [0.1, 0.15) is 63.9 Å². The van der Waals surface area contributed by atoms with E-state index in [2.05, 4.69) is 11.9 Å². The van der Waals surface area contributed by atoms with Crippen molar-refractivity contribution in [3.63, 3.8) is 0 Å². The van der Waals surface area contributed by atoms with E-state index >= 15 is 0 Å². The van der Waals surface area contributed by atoms with Crippen LogP contribution in [0.15, 0.2) is 23.2 Å². The molecule has 0 aromatic heterocycles. The Kier molecular flexibility index (Phi) is 8.52. The van der Waals surface area contributed by atoms with E-state index in [-0.39, 0.29) is 11.5 Å². The number of phenolic OH excluding ortho intramolecular Hbond substituents is 2. The number of aliphatic imine (C=N–C) groups is 1. The van der Waals surface area contributed by atoms with Crippen LogP contribution < -0.4 is 0 Å². The predicted octanol–water partition coefficient (Wildman–Crippen LogP) is 4.66. The normalized spacial score (nSPS) is 11.2. The fraction of sp³-hybridized carbons (Fsp3) is 0.588. The summed E-state index contributed by atoms with van der Waals surface area (Å²) in [5, 5.41) is 18.5. The largest absolute Gasteiger partial charge is 0.504 e. The van der Waals surface area contributed by atoms with E-state index in [9.17, 15) is 10.2 Å². The van der Waals surface area contributed by atoms with Crippen LogP contribution in [-0.4, -0.2) is 23.0 Å². The lowest BCUT2D eigenvalue weighted by atomic mass is 10.1. The fourth-order valence-electron chi connectivity index (χ4n) is 2.13. The topological polar surface area (TPSA) is 52.8 Å². The van der Waals surface area contributed by atoms with Gasteiger partial charge in [0.05, 0.1) is 0 Å². The maximum Gasteiger partial charge on any atom is 0.158 e. The van der Waals surface area contributed by atoms with E-state index in [1.807, 2.05) is 0 Å². The summed E-state index contributed by atoms with van der Waals surface area (Å²) in [6.45, 7) is 3.07. The molecule has 0 aliphatic carbocycles. The molecule has 0 saturated heterocycles. The molecule has 0 fully saturated rings. The lowest BCUT2D eigenvalue weighted by Gasteiger charge is -2.00. The first-order valence-corrected chi connectivity index (χ1v) is 7.76. The van der Waals surface area contributed by atoms with E-state index in [1.54, 1.807) is 12.3 Å². The summed E-state index contributed by atoms with van der Waals surface area (Å²) >= 11 is 0. The second kappa shape index (κ2) is 10.3. The molecule has 1 aromatic carbocycles. The summed E-state index contributed by atoms with van der Waals surface area (Å²) in [6, 6.07) is 4.74. The van der Waals surface area contributed by atoms with Gasteiger partial charge in [-0.2, -0.15) is 0 Å². The van der Waals surface area contributed by atoms with Crippen molar-refractivity contribution < 1.29 is 10.2 Å². The van der Waals surface area contributed by atoms with Gasteiger partial charge in [0.25, 0.3) is 0 Å². The quantitative estimate of drug-likeness (QED) is 0.371. The monoisotopic (exact) mass is 277 g/mol. The number of aromatic hydroxyl groups is 2. The third-order valence-electron chi connectivity index (χ3n) is 3.38. The highest BCUT2D eigenvalue weighted by molar-refractivity contribution is 5.80. The maximum atomic E-state index is 9.35. The SMILES string of the molecule is CCCCCCCCCC/N=C/c1ccc(O)c(O)c1. The molecule has 20 heavy (non-hydrogen) atoms. The molecule has 0 aliphatic rings. The molecular formula is C17H27NO2. The molecule has 0 radical (unpaired) electrons. The first-order valence-electron chi connectivity index (χ1n) is 7.76. The number of phenols is 2. The van der Waals surface area contributed by atoms with E-state index in [4.69, 9.17) is 0 Å². The molecule has 0 spiro atoms. The molecule has 0 unspecified atom stereocenters. The molecule has 1 rings (SSSR count). The summed E-state index contributed by atoms with van der Waals surface area (Å²) in [6.07, 6.45) is 12.2. The lowest BCUT2D eigenvalue weighted by molar-refractivity contribution is 0.403. The molecule has 0 aliphatic heterocycles. The van der Waals surface area contributed by atoms with Crippen LogP contribution in [0.5, 0.6) is 11.5 Å². The number of rotatable bonds is 10. The van der Waals surface area contributed by atoms with Gasteiger partial charge in [0.15, 0.2) is 11.5 Å². The van der Waals surface area contributed by atoms with Crippen LogP contribution in [0.25, 0.3) is 0 Å². The zero-order valence-electron chi connectivity index (χ0n) is 12.5. The molecular weight excluding hydrogens is 250 g/mol. The third kappa shape index (κ3) is 7.17. The standard InChI is InChI=1S/C17H27NO2/c1-2-3-4-5-6-7-8-9-12-18-14-15-10-11-16(19)17(20)13-15/h10-11,13-14,19-20H,2-9,12H2,1H3/b18-14+. The molecule has 0 atom stereocenters. The zero-order valence-corrected chi connectivity index (χ0v) is 12.5. The maximum absolute atomic E-state index is 9.35. The van der Waals surface area contributed by atoms with Crippen molar-refractivity contribution in [3.05, 3.63) is 23.8 Å². The number of hydrogen-bond acceptors (Lipinski definition) is 3. The Morgan fingerprint density at radius 1 is 0.900 bits per heavy atom. The van der Waals surface area contributed by atoms with Gasteiger partial charge < -0.3 is 10.2 Å². The van der Waals surface area contributed by atoms with Crippen LogP contribution in [0.3, 0.4) is 0 Å². The van der Waals surface area contributed by atoms with E-state index in [0.717, 1.165) is 18.5 Å². The van der Waals surface area contributed by atoms with Gasteiger partial charge in [-0.1, -0.05) is 51.9 Å². The first-order chi connectivity index (χ1) is 9.74. The molecule has 112 valence electrons. The summed E-state index contributed by atoms with van der Waals surface area (Å²) in [4.78, 5) is 4.34. The van der Waals surface area contributed by atoms with Crippen LogP contribution in [0.4, 0.5) is 0 Å². The van der Waals surface area contributed by atoms with Crippen LogP contribution in [0.2, 0.25) is 0 Å². The van der Waals surface area contributed by atoms with Gasteiger partial charge in [0.2, 0.25) is 0 Å². The van der Waals surface area contributed by atoms with Crippen molar-refractivity contribution in [2.45, 2.75) is 58.3 Å². The highest BCUT2D eigenvalue weighted by Crippen LogP contribution is 2.23. The molecule has 2 N–H and O–H groups in total. The minimum absolute atomic E-state index is 0.0924. The average molecular weight is 277 g/mol. The Hall–Kier alpha value is -1.51. The molecule has 0 heterocycles. The fourth-order valence-corrected chi connectivity index (χ4v) is 2.13. The van der Waals surface area contributed by atoms with Crippen molar-refractivity contribution in [2.75, 3.05) is 6.54 Å². The predicted molar refractivity (Wildman–Crippen MR) is 84.8 cm³/mol. The third-order valence-corrected chi connectivity index (χ3v) is 3.38. The van der Waals surface area contributed by atoms with Gasteiger partial charge >= 0.3 is 0 Å². The number of benzene rings is 1. The van der Waals surface area contributed by atoms with E-state index < -0.39 is 0 Å². The zero-order chi connectivity index (χ0) is 14.6. The first kappa shape index (κ1) is 16.5. The van der Waals surface area contributed by atoms with Crippen molar-refractivity contribution in [2.24, 2.45) is 4.99 Å². The molecule has 1 aromatic rings. The molecule has 3 nitrogen and oxygen atoms in total. The molecule has 0 saturated carbocycles. The Labute approximate surface area is 122 Å². The van der Waals surface area contributed by atoms with Crippen LogP contribution >= 0.6 is 0 Å². The highest BCUT2D eigenvalue weighted by atomic mass is 16.3. The Bertz CT molecular complexity index is 402. The smallest absolute Gasteiger partial charge is 0.158 e. The summed E-state index contributed by atoms with van der Waals surface area (Å²) < 4.78 is 0. The summed E-state index contributed by atoms with van der Waals surface area (Å²) in [5.41, 5.74) is 0.819. The number of hydrogen-bond donors (Lipinski definition) is 2. The lowest BCUT2D eigenvalue weighted by Crippen LogP contribution is -1.86. The van der Waals surface area contributed by atoms with Gasteiger partial charge in [-0.25, -0.2) is 0 Å². The minimum Gasteiger partial charge on any atom is -0.504 e. The van der Waals surface area contributed by atoms with Crippen LogP contribution in [-0.2, 0) is 0 Å². The molecule has 0 amide bonds. The highest BCUT2D eigenvalue weighted by Gasteiger charge is 1.97. The van der Waals surface area contributed by atoms with Gasteiger partial charge in [-0.15, -0.1) is 0 Å². The van der Waals surface area contributed by atoms with E-state index in [0.29, 0.717) is 0 Å². The minimum atomic E-state index is -0.0963. The van der Waals surface area contributed by atoms with Gasteiger partial charge in [0, 0.05) is 12.8 Å². The average Bonchev–Trinajstić information content (AvgIpc) is 2.45. The van der Waals surface area contributed by atoms with Crippen molar-refractivity contribution in [1.29, 1.82) is 0 Å². The van der Waals surface area contributed by atoms with Crippen LogP contribution in [0, 0.1) is 0 Å². The second-order valence-electron chi connectivity index (χ2n) is 5.26. The van der Waals surface area contributed by atoms with Gasteiger partial charge in [-0.3, -0.25) is 4.99 Å². The summed E-state index contributed by atoms with van der Waals surface area (Å²) in [5.74, 6) is -0.189. The number of unbranched alkanes of at least 4 members (excludes halogenated alkanes) is 7. The Morgan fingerprint density at radius 2 is 1.55 bits per heavy atom. The number of nitrogens with zero attached hydrogens (tertiary/aromatic N) is 1. The summed E-state index contributed by atoms with van der Waals surface area (Å²) in [7, 11) is 0. The Balaban J connectivity index is 2.06. The van der Waals surface area contributed by atoms with Crippen molar-refractivity contribution in [3.8, 4) is 11.5 Å². The van der Waals surface area contributed by atoms with Crippen molar-refractivity contribution >= 4 is 6.21 Å². The van der Waals surface area contributed by atoms with Gasteiger partial charge in [0.1, 0.15) is 0 Å². The van der Waals surface area contributed by atoms with Crippen molar-refractivity contribution in [1.82, 2.24) is 0 Å². The Morgan fingerprint density at radius 3 is 2.20 bits per heavy atom. The second-order valence-corrected chi connectivity index (χ2v) is 5.26. The molecule has 0 bridgehead atoms. The van der Waals surface area contributed by atoms with Gasteiger partial charge in [-0.05, 0) is 30.2 Å². The van der Waals surface area contributed by atoms with E-state index in [1.165, 1.54) is 57.1 Å². The molecule has 3 heteroatoms.